The number of hydrogen-bond acceptors (Lipinski definition) is 3. The summed E-state index contributed by atoms with van der Waals surface area (Å²) in [6.07, 6.45) is 1.86. The zero-order valence-electron chi connectivity index (χ0n) is 8.43. The molecule has 0 bridgehead atoms. The van der Waals surface area contributed by atoms with E-state index in [9.17, 15) is 4.79 Å². The summed E-state index contributed by atoms with van der Waals surface area (Å²) in [7, 11) is 0. The number of Topliss-reactive ketones (excluding diaryl/α,β-unsaturated/α-hetero) is 1. The molecule has 2 rings (SSSR count). The minimum absolute atomic E-state index is 0.0266. The number of carbonyl (C=O) groups excluding carboxylic acids is 1. The summed E-state index contributed by atoms with van der Waals surface area (Å²) in [5, 5.41) is 0. The molecule has 3 nitrogen and oxygen atoms in total. The SMILES string of the molecule is O=C(Cc1nccc(Br)n1)c1ccccc1. The topological polar surface area (TPSA) is 42.9 Å². The molecule has 0 aliphatic heterocycles. The fourth-order valence-corrected chi connectivity index (χ4v) is 1.65. The largest absolute Gasteiger partial charge is 0.294 e. The standard InChI is InChI=1S/C12H9BrN2O/c13-11-6-7-14-12(15-11)8-10(16)9-4-2-1-3-5-9/h1-7H,8H2. The molecule has 0 aliphatic rings. The van der Waals surface area contributed by atoms with Crippen molar-refractivity contribution in [2.75, 3.05) is 0 Å². The van der Waals surface area contributed by atoms with E-state index in [1.165, 1.54) is 0 Å². The Morgan fingerprint density at radius 1 is 1.19 bits per heavy atom. The van der Waals surface area contributed by atoms with Crippen LogP contribution in [-0.4, -0.2) is 15.8 Å². The zero-order valence-corrected chi connectivity index (χ0v) is 10.0. The normalized spacial score (nSPS) is 10.1. The summed E-state index contributed by atoms with van der Waals surface area (Å²) in [5.74, 6) is 0.557. The van der Waals surface area contributed by atoms with Crippen molar-refractivity contribution in [3.8, 4) is 0 Å². The zero-order chi connectivity index (χ0) is 11.4. The van der Waals surface area contributed by atoms with Crippen LogP contribution in [0.25, 0.3) is 0 Å². The van der Waals surface area contributed by atoms with Crippen molar-refractivity contribution in [2.24, 2.45) is 0 Å². The predicted molar refractivity (Wildman–Crippen MR) is 64.2 cm³/mol. The van der Waals surface area contributed by atoms with E-state index < -0.39 is 0 Å². The summed E-state index contributed by atoms with van der Waals surface area (Å²) in [6.45, 7) is 0. The summed E-state index contributed by atoms with van der Waals surface area (Å²) >= 11 is 3.25. The fourth-order valence-electron chi connectivity index (χ4n) is 1.33. The van der Waals surface area contributed by atoms with Gasteiger partial charge in [-0.1, -0.05) is 30.3 Å². The molecule has 16 heavy (non-hydrogen) atoms. The number of carbonyl (C=O) groups is 1. The van der Waals surface area contributed by atoms with Crippen molar-refractivity contribution in [1.29, 1.82) is 0 Å². The second kappa shape index (κ2) is 4.99. The van der Waals surface area contributed by atoms with E-state index in [-0.39, 0.29) is 12.2 Å². The summed E-state index contributed by atoms with van der Waals surface area (Å²) < 4.78 is 0.693. The van der Waals surface area contributed by atoms with Gasteiger partial charge in [-0.05, 0) is 22.0 Å². The van der Waals surface area contributed by atoms with Gasteiger partial charge in [0.1, 0.15) is 10.4 Å². The molecule has 0 saturated carbocycles. The lowest BCUT2D eigenvalue weighted by atomic mass is 10.1. The number of benzene rings is 1. The lowest BCUT2D eigenvalue weighted by Gasteiger charge is -2.00. The first-order valence-corrected chi connectivity index (χ1v) is 5.60. The minimum Gasteiger partial charge on any atom is -0.294 e. The highest BCUT2D eigenvalue weighted by Crippen LogP contribution is 2.07. The highest BCUT2D eigenvalue weighted by atomic mass is 79.9. The molecule has 2 aromatic rings. The average molecular weight is 277 g/mol. The third-order valence-corrected chi connectivity index (χ3v) is 2.53. The van der Waals surface area contributed by atoms with E-state index in [0.717, 1.165) is 0 Å². The molecular formula is C12H9BrN2O. The number of rotatable bonds is 3. The molecular weight excluding hydrogens is 268 g/mol. The van der Waals surface area contributed by atoms with Crippen molar-refractivity contribution in [2.45, 2.75) is 6.42 Å². The highest BCUT2D eigenvalue weighted by molar-refractivity contribution is 9.10. The summed E-state index contributed by atoms with van der Waals surface area (Å²) in [6, 6.07) is 10.9. The van der Waals surface area contributed by atoms with Gasteiger partial charge in [-0.3, -0.25) is 4.79 Å². The first-order chi connectivity index (χ1) is 7.75. The molecule has 0 spiro atoms. The predicted octanol–water partition coefficient (Wildman–Crippen LogP) is 2.66. The molecule has 0 N–H and O–H groups in total. The lowest BCUT2D eigenvalue weighted by molar-refractivity contribution is 0.0990. The van der Waals surface area contributed by atoms with Crippen LogP contribution in [0.1, 0.15) is 16.2 Å². The van der Waals surface area contributed by atoms with E-state index in [0.29, 0.717) is 16.0 Å². The Bertz CT molecular complexity index is 499. The molecule has 0 saturated heterocycles. The van der Waals surface area contributed by atoms with Gasteiger partial charge in [0.2, 0.25) is 0 Å². The molecule has 80 valence electrons. The lowest BCUT2D eigenvalue weighted by Crippen LogP contribution is -2.06. The molecule has 1 heterocycles. The van der Waals surface area contributed by atoms with Gasteiger partial charge in [-0.25, -0.2) is 9.97 Å². The second-order valence-electron chi connectivity index (χ2n) is 3.26. The smallest absolute Gasteiger partial charge is 0.170 e. The van der Waals surface area contributed by atoms with E-state index in [2.05, 4.69) is 25.9 Å². The van der Waals surface area contributed by atoms with E-state index in [1.54, 1.807) is 24.4 Å². The molecule has 1 aromatic heterocycles. The van der Waals surface area contributed by atoms with Gasteiger partial charge in [0.15, 0.2) is 5.78 Å². The van der Waals surface area contributed by atoms with E-state index >= 15 is 0 Å². The number of ketones is 1. The third kappa shape index (κ3) is 2.73. The van der Waals surface area contributed by atoms with Crippen molar-refractivity contribution in [1.82, 2.24) is 9.97 Å². The van der Waals surface area contributed by atoms with Crippen LogP contribution >= 0.6 is 15.9 Å². The van der Waals surface area contributed by atoms with Crippen LogP contribution in [0.15, 0.2) is 47.2 Å². The monoisotopic (exact) mass is 276 g/mol. The van der Waals surface area contributed by atoms with Crippen LogP contribution < -0.4 is 0 Å². The van der Waals surface area contributed by atoms with Crippen LogP contribution in [-0.2, 0) is 6.42 Å². The van der Waals surface area contributed by atoms with Gasteiger partial charge in [0, 0.05) is 11.8 Å². The minimum atomic E-state index is 0.0266. The maximum Gasteiger partial charge on any atom is 0.170 e. The van der Waals surface area contributed by atoms with Gasteiger partial charge in [0.25, 0.3) is 0 Å². The Morgan fingerprint density at radius 2 is 1.94 bits per heavy atom. The molecule has 4 heteroatoms. The summed E-state index contributed by atoms with van der Waals surface area (Å²) in [5.41, 5.74) is 0.686. The Kier molecular flexibility index (Phi) is 3.41. The summed E-state index contributed by atoms with van der Waals surface area (Å²) in [4.78, 5) is 20.0. The molecule has 0 radical (unpaired) electrons. The van der Waals surface area contributed by atoms with Gasteiger partial charge in [-0.2, -0.15) is 0 Å². The van der Waals surface area contributed by atoms with Crippen LogP contribution in [0.3, 0.4) is 0 Å². The van der Waals surface area contributed by atoms with Gasteiger partial charge in [-0.15, -0.1) is 0 Å². The van der Waals surface area contributed by atoms with Gasteiger partial charge in [0.05, 0.1) is 6.42 Å². The first kappa shape index (κ1) is 11.0. The molecule has 0 atom stereocenters. The molecule has 0 fully saturated rings. The molecule has 1 aromatic carbocycles. The van der Waals surface area contributed by atoms with E-state index in [1.807, 2.05) is 18.2 Å². The van der Waals surface area contributed by atoms with E-state index in [4.69, 9.17) is 0 Å². The third-order valence-electron chi connectivity index (χ3n) is 2.09. The van der Waals surface area contributed by atoms with Crippen LogP contribution in [0, 0.1) is 0 Å². The average Bonchev–Trinajstić information content (AvgIpc) is 2.30. The molecule has 0 amide bonds. The van der Waals surface area contributed by atoms with Crippen molar-refractivity contribution in [3.63, 3.8) is 0 Å². The number of halogens is 1. The van der Waals surface area contributed by atoms with Crippen LogP contribution in [0.2, 0.25) is 0 Å². The van der Waals surface area contributed by atoms with Gasteiger partial charge < -0.3 is 0 Å². The molecule has 0 unspecified atom stereocenters. The van der Waals surface area contributed by atoms with Crippen molar-refractivity contribution < 1.29 is 4.79 Å². The Balaban J connectivity index is 2.14. The second-order valence-corrected chi connectivity index (χ2v) is 4.07. The Labute approximate surface area is 102 Å². The quantitative estimate of drug-likeness (QED) is 0.640. The fraction of sp³-hybridized carbons (Fsp3) is 0.0833. The van der Waals surface area contributed by atoms with Crippen molar-refractivity contribution >= 4 is 21.7 Å². The number of hydrogen-bond donors (Lipinski definition) is 0. The Hall–Kier alpha value is -1.55. The maximum atomic E-state index is 11.8. The van der Waals surface area contributed by atoms with Gasteiger partial charge >= 0.3 is 0 Å². The highest BCUT2D eigenvalue weighted by Gasteiger charge is 2.08. The van der Waals surface area contributed by atoms with Crippen LogP contribution in [0.4, 0.5) is 0 Å². The first-order valence-electron chi connectivity index (χ1n) is 4.81. The molecule has 0 aliphatic carbocycles. The maximum absolute atomic E-state index is 11.8. The van der Waals surface area contributed by atoms with Crippen molar-refractivity contribution in [3.05, 3.63) is 58.6 Å². The van der Waals surface area contributed by atoms with Crippen LogP contribution in [0.5, 0.6) is 0 Å². The Morgan fingerprint density at radius 3 is 2.62 bits per heavy atom. The number of aromatic nitrogens is 2. The number of nitrogens with zero attached hydrogens (tertiary/aromatic N) is 2.